The molecule has 0 atom stereocenters. The summed E-state index contributed by atoms with van der Waals surface area (Å²) in [7, 11) is 1.61. The van der Waals surface area contributed by atoms with Crippen LogP contribution in [0.25, 0.3) is 38.8 Å². The van der Waals surface area contributed by atoms with E-state index in [0.29, 0.717) is 43.6 Å². The van der Waals surface area contributed by atoms with Gasteiger partial charge in [0, 0.05) is 21.9 Å². The number of benzene rings is 3. The molecule has 0 aliphatic rings. The zero-order valence-electron chi connectivity index (χ0n) is 19.4. The minimum Gasteiger partial charge on any atom is -0.497 e. The second-order valence-corrected chi connectivity index (χ2v) is 9.16. The van der Waals surface area contributed by atoms with Crippen molar-refractivity contribution in [3.05, 3.63) is 99.5 Å². The number of methoxy groups -OCH3 is 1. The number of aromatic amines is 1. The molecule has 37 heavy (non-hydrogen) atoms. The standard InChI is InChI=1S/C27H18Cl2N6O2/c1-37-21-7-5-19(6-8-21)32-27-30-13-22-24-23(14-31-34-24)26(36)35(25(22)33-27)20-4-2-3-15(11-20)16-9-17(28)12-18(29)10-16/h2-14H,1H3,(H,31,34)(H,30,32,33). The van der Waals surface area contributed by atoms with Crippen LogP contribution < -0.4 is 15.6 Å². The topological polar surface area (TPSA) is 97.7 Å². The summed E-state index contributed by atoms with van der Waals surface area (Å²) >= 11 is 12.5. The molecule has 3 aromatic carbocycles. The average Bonchev–Trinajstić information content (AvgIpc) is 3.40. The van der Waals surface area contributed by atoms with Crippen LogP contribution in [-0.4, -0.2) is 31.8 Å². The molecular formula is C27H18Cl2N6O2. The summed E-state index contributed by atoms with van der Waals surface area (Å²) in [5.74, 6) is 1.07. The third kappa shape index (κ3) is 4.26. The third-order valence-electron chi connectivity index (χ3n) is 5.97. The zero-order chi connectivity index (χ0) is 25.5. The Labute approximate surface area is 220 Å². The van der Waals surface area contributed by atoms with Crippen LogP contribution in [0.4, 0.5) is 11.6 Å². The Balaban J connectivity index is 1.53. The molecule has 0 fully saturated rings. The van der Waals surface area contributed by atoms with Crippen LogP contribution >= 0.6 is 23.2 Å². The highest BCUT2D eigenvalue weighted by molar-refractivity contribution is 6.35. The van der Waals surface area contributed by atoms with E-state index >= 15 is 0 Å². The Morgan fingerprint density at radius 2 is 1.70 bits per heavy atom. The first kappa shape index (κ1) is 23.0. The number of H-pyrrole nitrogens is 1. The molecule has 3 heterocycles. The SMILES string of the molecule is COc1ccc(Nc2ncc3c4[nH]ncc4c(=O)n(-c4cccc(-c5cc(Cl)cc(Cl)c5)c4)c3n2)cc1. The number of ether oxygens (including phenoxy) is 1. The lowest BCUT2D eigenvalue weighted by Crippen LogP contribution is -2.20. The van der Waals surface area contributed by atoms with Gasteiger partial charge in [-0.25, -0.2) is 4.98 Å². The number of pyridine rings is 1. The van der Waals surface area contributed by atoms with Gasteiger partial charge in [-0.1, -0.05) is 35.3 Å². The highest BCUT2D eigenvalue weighted by Gasteiger charge is 2.17. The molecule has 10 heteroatoms. The molecule has 0 aliphatic heterocycles. The molecule has 0 amide bonds. The lowest BCUT2D eigenvalue weighted by Gasteiger charge is -2.13. The van der Waals surface area contributed by atoms with E-state index in [9.17, 15) is 4.79 Å². The number of hydrogen-bond donors (Lipinski definition) is 2. The quantitative estimate of drug-likeness (QED) is 0.269. The summed E-state index contributed by atoms with van der Waals surface area (Å²) in [6, 6.07) is 20.3. The van der Waals surface area contributed by atoms with Crippen molar-refractivity contribution in [2.45, 2.75) is 0 Å². The zero-order valence-corrected chi connectivity index (χ0v) is 20.9. The number of halogens is 2. The molecule has 0 radical (unpaired) electrons. The van der Waals surface area contributed by atoms with Gasteiger partial charge in [-0.15, -0.1) is 0 Å². The summed E-state index contributed by atoms with van der Waals surface area (Å²) in [5.41, 5.74) is 3.82. The summed E-state index contributed by atoms with van der Waals surface area (Å²) < 4.78 is 6.78. The van der Waals surface area contributed by atoms with Gasteiger partial charge >= 0.3 is 0 Å². The fourth-order valence-corrected chi connectivity index (χ4v) is 4.76. The number of nitrogens with one attached hydrogen (secondary N) is 2. The fraction of sp³-hybridized carbons (Fsp3) is 0.0370. The summed E-state index contributed by atoms with van der Waals surface area (Å²) in [6.07, 6.45) is 3.18. The molecule has 3 aromatic heterocycles. The summed E-state index contributed by atoms with van der Waals surface area (Å²) in [4.78, 5) is 22.9. The molecule has 0 bridgehead atoms. The smallest absolute Gasteiger partial charge is 0.267 e. The van der Waals surface area contributed by atoms with Crippen molar-refractivity contribution < 1.29 is 4.74 Å². The molecule has 6 rings (SSSR count). The number of rotatable bonds is 5. The molecule has 0 aliphatic carbocycles. The molecule has 0 saturated heterocycles. The van der Waals surface area contributed by atoms with Gasteiger partial charge in [-0.05, 0) is 65.7 Å². The predicted molar refractivity (Wildman–Crippen MR) is 147 cm³/mol. The third-order valence-corrected chi connectivity index (χ3v) is 6.41. The van der Waals surface area contributed by atoms with E-state index in [1.165, 1.54) is 6.20 Å². The van der Waals surface area contributed by atoms with Crippen LogP contribution in [0.3, 0.4) is 0 Å². The fourth-order valence-electron chi connectivity index (χ4n) is 4.24. The van der Waals surface area contributed by atoms with Crippen molar-refractivity contribution in [2.75, 3.05) is 12.4 Å². The summed E-state index contributed by atoms with van der Waals surface area (Å²) in [6.45, 7) is 0. The van der Waals surface area contributed by atoms with E-state index in [-0.39, 0.29) is 5.56 Å². The Morgan fingerprint density at radius 1 is 0.919 bits per heavy atom. The number of hydrogen-bond acceptors (Lipinski definition) is 6. The Bertz CT molecular complexity index is 1830. The first-order valence-electron chi connectivity index (χ1n) is 11.2. The second kappa shape index (κ2) is 9.24. The van der Waals surface area contributed by atoms with Gasteiger partial charge in [-0.3, -0.25) is 14.5 Å². The maximum Gasteiger partial charge on any atom is 0.267 e. The van der Waals surface area contributed by atoms with Crippen molar-refractivity contribution in [2.24, 2.45) is 0 Å². The summed E-state index contributed by atoms with van der Waals surface area (Å²) in [5, 5.41) is 12.3. The lowest BCUT2D eigenvalue weighted by atomic mass is 10.0. The second-order valence-electron chi connectivity index (χ2n) is 8.29. The van der Waals surface area contributed by atoms with E-state index in [0.717, 1.165) is 22.6 Å². The van der Waals surface area contributed by atoms with Gasteiger partial charge in [0.25, 0.3) is 5.56 Å². The largest absolute Gasteiger partial charge is 0.497 e. The van der Waals surface area contributed by atoms with E-state index in [1.807, 2.05) is 60.7 Å². The van der Waals surface area contributed by atoms with E-state index < -0.39 is 0 Å². The number of fused-ring (bicyclic) bond motifs is 3. The average molecular weight is 529 g/mol. The van der Waals surface area contributed by atoms with Gasteiger partial charge in [-0.2, -0.15) is 10.1 Å². The van der Waals surface area contributed by atoms with Crippen LogP contribution in [0, 0.1) is 0 Å². The van der Waals surface area contributed by atoms with E-state index in [4.69, 9.17) is 32.9 Å². The van der Waals surface area contributed by atoms with Gasteiger partial charge in [0.15, 0.2) is 5.65 Å². The van der Waals surface area contributed by atoms with E-state index in [2.05, 4.69) is 20.5 Å². The van der Waals surface area contributed by atoms with Crippen molar-refractivity contribution >= 4 is 56.8 Å². The number of anilines is 2. The monoisotopic (exact) mass is 528 g/mol. The molecule has 0 saturated carbocycles. The van der Waals surface area contributed by atoms with Crippen molar-refractivity contribution in [3.8, 4) is 22.6 Å². The Hall–Kier alpha value is -4.40. The van der Waals surface area contributed by atoms with Crippen molar-refractivity contribution in [3.63, 3.8) is 0 Å². The maximum atomic E-state index is 13.7. The van der Waals surface area contributed by atoms with Crippen molar-refractivity contribution in [1.29, 1.82) is 0 Å². The van der Waals surface area contributed by atoms with Gasteiger partial charge in [0.05, 0.1) is 35.3 Å². The molecule has 0 spiro atoms. The minimum atomic E-state index is -0.258. The van der Waals surface area contributed by atoms with Crippen LogP contribution in [-0.2, 0) is 0 Å². The van der Waals surface area contributed by atoms with E-state index in [1.54, 1.807) is 23.9 Å². The van der Waals surface area contributed by atoms with Crippen molar-refractivity contribution in [1.82, 2.24) is 24.7 Å². The Morgan fingerprint density at radius 3 is 2.46 bits per heavy atom. The van der Waals surface area contributed by atoms with Crippen LogP contribution in [0.2, 0.25) is 10.0 Å². The van der Waals surface area contributed by atoms with Crippen LogP contribution in [0.15, 0.2) is 83.9 Å². The predicted octanol–water partition coefficient (Wildman–Crippen LogP) is 6.38. The molecule has 8 nitrogen and oxygen atoms in total. The molecule has 2 N–H and O–H groups in total. The van der Waals surface area contributed by atoms with Crippen LogP contribution in [0.1, 0.15) is 0 Å². The van der Waals surface area contributed by atoms with Crippen LogP contribution in [0.5, 0.6) is 5.75 Å². The first-order valence-corrected chi connectivity index (χ1v) is 12.0. The minimum absolute atomic E-state index is 0.258. The highest BCUT2D eigenvalue weighted by Crippen LogP contribution is 2.30. The van der Waals surface area contributed by atoms with Gasteiger partial charge in [0.2, 0.25) is 5.95 Å². The molecule has 182 valence electrons. The molecule has 0 unspecified atom stereocenters. The maximum absolute atomic E-state index is 13.7. The van der Waals surface area contributed by atoms with Gasteiger partial charge in [0.1, 0.15) is 5.75 Å². The lowest BCUT2D eigenvalue weighted by molar-refractivity contribution is 0.415. The van der Waals surface area contributed by atoms with Gasteiger partial charge < -0.3 is 10.1 Å². The highest BCUT2D eigenvalue weighted by atomic mass is 35.5. The number of aromatic nitrogens is 5. The molecular weight excluding hydrogens is 511 g/mol. The first-order chi connectivity index (χ1) is 18.0. The number of nitrogens with zero attached hydrogens (tertiary/aromatic N) is 4. The Kier molecular flexibility index (Phi) is 5.75. The normalized spacial score (nSPS) is 11.2. The molecule has 6 aromatic rings.